The molecular weight excluding hydrogens is 1040 g/mol. The second-order valence-corrected chi connectivity index (χ2v) is 31.9. The number of hydrogen-bond acceptors (Lipinski definition) is 1. The number of nitrogens with zero attached hydrogens (tertiary/aromatic N) is 1. The van der Waals surface area contributed by atoms with E-state index in [0.29, 0.717) is 0 Å². The zero-order valence-corrected chi connectivity index (χ0v) is 48.8. The van der Waals surface area contributed by atoms with Gasteiger partial charge in [-0.2, -0.15) is 0 Å². The largest absolute Gasteiger partial charge is 0.311 e. The molecule has 0 saturated carbocycles. The summed E-state index contributed by atoms with van der Waals surface area (Å²) in [5, 5.41) is 12.2. The molecule has 0 saturated heterocycles. The summed E-state index contributed by atoms with van der Waals surface area (Å²) in [7, 11) is -7.83. The Balaban J connectivity index is 0.939. The minimum Gasteiger partial charge on any atom is -0.311 e. The highest BCUT2D eigenvalue weighted by atomic mass is 28.3. The summed E-state index contributed by atoms with van der Waals surface area (Å²) in [5.74, 6) is 0. The van der Waals surface area contributed by atoms with Crippen molar-refractivity contribution in [1.29, 1.82) is 0 Å². The van der Waals surface area contributed by atoms with Crippen LogP contribution in [0.5, 0.6) is 0 Å². The van der Waals surface area contributed by atoms with E-state index in [4.69, 9.17) is 0 Å². The Morgan fingerprint density at radius 2 is 0.317 bits per heavy atom. The number of rotatable bonds is 18. The molecule has 12 aromatic carbocycles. The van der Waals surface area contributed by atoms with Crippen molar-refractivity contribution in [3.63, 3.8) is 0 Å². The van der Waals surface area contributed by atoms with Crippen LogP contribution in [-0.4, -0.2) is 24.2 Å². The molecule has 0 unspecified atom stereocenters. The molecule has 0 bridgehead atoms. The number of hydrogen-bond donors (Lipinski definition) is 0. The predicted molar refractivity (Wildman–Crippen MR) is 360 cm³/mol. The molecule has 392 valence electrons. The van der Waals surface area contributed by atoms with Crippen LogP contribution in [0.15, 0.2) is 363 Å². The van der Waals surface area contributed by atoms with E-state index < -0.39 is 24.2 Å². The second kappa shape index (κ2) is 24.8. The van der Waals surface area contributed by atoms with Gasteiger partial charge in [-0.3, -0.25) is 0 Å². The molecule has 0 aromatic heterocycles. The molecule has 0 N–H and O–H groups in total. The van der Waals surface area contributed by atoms with Gasteiger partial charge in [0.05, 0.1) is 0 Å². The first-order valence-corrected chi connectivity index (χ1v) is 34.5. The van der Waals surface area contributed by atoms with E-state index in [-0.39, 0.29) is 0 Å². The van der Waals surface area contributed by atoms with Crippen molar-refractivity contribution < 1.29 is 0 Å². The molecule has 0 aliphatic heterocycles. The van der Waals surface area contributed by atoms with Crippen LogP contribution >= 0.6 is 0 Å². The Bertz CT molecular complexity index is 3290. The molecule has 0 fully saturated rings. The van der Waals surface area contributed by atoms with E-state index in [1.54, 1.807) is 0 Å². The first kappa shape index (κ1) is 53.0. The molecule has 82 heavy (non-hydrogen) atoms. The zero-order valence-electron chi connectivity index (χ0n) is 45.8. The summed E-state index contributed by atoms with van der Waals surface area (Å²) < 4.78 is 0. The van der Waals surface area contributed by atoms with Crippen LogP contribution in [0.2, 0.25) is 0 Å². The monoisotopic (exact) mass is 1100 g/mol. The minimum atomic E-state index is -2.61. The molecule has 0 spiro atoms. The maximum Gasteiger partial charge on any atom is 0.172 e. The van der Waals surface area contributed by atoms with E-state index >= 15 is 0 Å². The van der Waals surface area contributed by atoms with Crippen molar-refractivity contribution >= 4 is 106 Å². The molecule has 0 atom stereocenters. The van der Waals surface area contributed by atoms with E-state index in [0.717, 1.165) is 33.8 Å². The summed E-state index contributed by atoms with van der Waals surface area (Å²) in [5.41, 5.74) is 14.2. The fourth-order valence-corrected chi connectivity index (χ4v) is 24.5. The maximum atomic E-state index is 2.52. The van der Waals surface area contributed by atoms with Gasteiger partial charge in [0.25, 0.3) is 0 Å². The highest BCUT2D eigenvalue weighted by molar-refractivity contribution is 7.16. The molecule has 12 rings (SSSR count). The lowest BCUT2D eigenvalue weighted by Gasteiger charge is -2.31. The Morgan fingerprint density at radius 3 is 0.463 bits per heavy atom. The highest BCUT2D eigenvalue weighted by Crippen LogP contribution is 2.35. The number of benzene rings is 12. The molecule has 4 heteroatoms. The molecule has 12 aromatic rings. The van der Waals surface area contributed by atoms with Crippen LogP contribution in [0.4, 0.5) is 17.1 Å². The first-order valence-electron chi connectivity index (χ1n) is 28.3. The summed E-state index contributed by atoms with van der Waals surface area (Å²) in [6.07, 6.45) is 7.05. The Labute approximate surface area is 487 Å². The van der Waals surface area contributed by atoms with Crippen LogP contribution in [-0.2, 0) is 0 Å². The predicted octanol–water partition coefficient (Wildman–Crippen LogP) is 13.3. The lowest BCUT2D eigenvalue weighted by Crippen LogP contribution is -2.66. The molecule has 0 aliphatic rings. The Hall–Kier alpha value is -9.69. The summed E-state index contributed by atoms with van der Waals surface area (Å²) in [6.45, 7) is 0. The zero-order chi connectivity index (χ0) is 55.3. The van der Waals surface area contributed by atoms with Crippen molar-refractivity contribution in [2.45, 2.75) is 0 Å². The summed E-state index contributed by atoms with van der Waals surface area (Å²) in [6, 6.07) is 127. The molecule has 1 nitrogen and oxygen atoms in total. The third-order valence-electron chi connectivity index (χ3n) is 16.1. The second-order valence-electron chi connectivity index (χ2n) is 20.8. The van der Waals surface area contributed by atoms with Gasteiger partial charge in [-0.1, -0.05) is 345 Å². The summed E-state index contributed by atoms with van der Waals surface area (Å²) in [4.78, 5) is 2.39. The average molecular weight is 1100 g/mol. The van der Waals surface area contributed by atoms with Gasteiger partial charge in [0, 0.05) is 17.1 Å². The van der Waals surface area contributed by atoms with Crippen molar-refractivity contribution in [3.05, 3.63) is 380 Å². The fraction of sp³-hybridized carbons (Fsp3) is 0. The van der Waals surface area contributed by atoms with Crippen LogP contribution < -0.4 is 51.6 Å². The Morgan fingerprint density at radius 1 is 0.171 bits per heavy atom. The maximum absolute atomic E-state index is 2.61. The van der Waals surface area contributed by atoms with Crippen molar-refractivity contribution in [1.82, 2.24) is 0 Å². The van der Waals surface area contributed by atoms with Crippen LogP contribution in [0, 0.1) is 0 Å². The van der Waals surface area contributed by atoms with Gasteiger partial charge in [0.15, 0.2) is 24.2 Å². The van der Waals surface area contributed by atoms with E-state index in [2.05, 4.69) is 386 Å². The van der Waals surface area contributed by atoms with Crippen molar-refractivity contribution in [2.24, 2.45) is 0 Å². The molecule has 0 heterocycles. The average Bonchev–Trinajstić information content (AvgIpc) is 3.07. The van der Waals surface area contributed by atoms with Gasteiger partial charge in [0.1, 0.15) is 0 Å². The van der Waals surface area contributed by atoms with E-state index in [1.807, 2.05) is 0 Å². The molecule has 0 aliphatic carbocycles. The third kappa shape index (κ3) is 10.9. The van der Waals surface area contributed by atoms with Crippen molar-refractivity contribution in [3.8, 4) is 0 Å². The van der Waals surface area contributed by atoms with Gasteiger partial charge < -0.3 is 4.90 Å². The lowest BCUT2D eigenvalue weighted by atomic mass is 10.1. The smallest absolute Gasteiger partial charge is 0.172 e. The van der Waals surface area contributed by atoms with Gasteiger partial charge in [0.2, 0.25) is 0 Å². The van der Waals surface area contributed by atoms with E-state index in [9.17, 15) is 0 Å². The van der Waals surface area contributed by atoms with Gasteiger partial charge in [-0.05, 0) is 99.8 Å². The SMILES string of the molecule is C(=C\[Si](c1ccccc1)(c1ccccc1)c1ccccc1)/c1ccc(N(c2ccc(/C=C/[Si](c3ccccc3)(c3ccccc3)c3ccccc3)cc2)c2ccc(/C=C/[Si](c3ccccc3)(c3ccccc3)c3ccccc3)cc2)cc1. The molecule has 0 radical (unpaired) electrons. The first-order chi connectivity index (χ1) is 40.6. The van der Waals surface area contributed by atoms with Gasteiger partial charge in [-0.25, -0.2) is 0 Å². The van der Waals surface area contributed by atoms with E-state index in [1.165, 1.54) is 46.7 Å². The minimum absolute atomic E-state index is 1.08. The molecular formula is C78H63NSi3. The molecule has 0 amide bonds. The standard InChI is InChI=1S/C78H63NSi3/c1-10-28-70(29-11-1)80(71-30-12-2-13-31-71,72-32-14-3-15-33-72)61-58-64-46-52-67(53-47-64)79(68-54-48-65(49-55-68)59-62-81(73-34-16-4-17-35-73,74-36-18-5-19-37-74)75-38-20-6-21-39-75)69-56-50-66(51-57-69)60-63-82(76-40-22-7-23-41-76,77-42-24-8-25-43-77)78-44-26-9-27-45-78/h1-63H/b61-58+,62-59+,63-60+. The fourth-order valence-electron chi connectivity index (χ4n) is 12.0. The van der Waals surface area contributed by atoms with Crippen molar-refractivity contribution in [2.75, 3.05) is 4.90 Å². The summed E-state index contributed by atoms with van der Waals surface area (Å²) >= 11 is 0. The van der Waals surface area contributed by atoms with Gasteiger partial charge in [-0.15, -0.1) is 0 Å². The number of anilines is 3. The lowest BCUT2D eigenvalue weighted by molar-refractivity contribution is 1.28. The normalized spacial score (nSPS) is 12.0. The topological polar surface area (TPSA) is 3.24 Å². The third-order valence-corrected chi connectivity index (χ3v) is 29.3. The van der Waals surface area contributed by atoms with Gasteiger partial charge >= 0.3 is 0 Å². The van der Waals surface area contributed by atoms with Crippen LogP contribution in [0.25, 0.3) is 18.2 Å². The quantitative estimate of drug-likeness (QED) is 0.0611. The Kier molecular flexibility index (Phi) is 16.0. The van der Waals surface area contributed by atoms with Crippen LogP contribution in [0.3, 0.4) is 0 Å². The highest BCUT2D eigenvalue weighted by Gasteiger charge is 2.39. The van der Waals surface area contributed by atoms with Crippen LogP contribution in [0.1, 0.15) is 16.7 Å².